The second-order valence-electron chi connectivity index (χ2n) is 4.13. The van der Waals surface area contributed by atoms with Crippen molar-refractivity contribution in [3.63, 3.8) is 0 Å². The van der Waals surface area contributed by atoms with Gasteiger partial charge in [-0.2, -0.15) is 0 Å². The summed E-state index contributed by atoms with van der Waals surface area (Å²) in [5, 5.41) is 10.1. The van der Waals surface area contributed by atoms with Gasteiger partial charge in [-0.15, -0.1) is 0 Å². The molecule has 0 saturated heterocycles. The van der Waals surface area contributed by atoms with Crippen molar-refractivity contribution in [3.05, 3.63) is 36.0 Å². The number of para-hydroxylation sites is 1. The van der Waals surface area contributed by atoms with Crippen LogP contribution < -0.4 is 5.73 Å². The first-order valence-electron chi connectivity index (χ1n) is 5.04. The smallest absolute Gasteiger partial charge is 0.344 e. The summed E-state index contributed by atoms with van der Waals surface area (Å²) in [5.41, 5.74) is 6.11. The zero-order valence-corrected chi connectivity index (χ0v) is 9.27. The molecule has 1 aromatic heterocycles. The Bertz CT molecular complexity index is 555. The van der Waals surface area contributed by atoms with Crippen LogP contribution in [0.5, 0.6) is 0 Å². The lowest BCUT2D eigenvalue weighted by Crippen LogP contribution is -2.47. The van der Waals surface area contributed by atoms with Crippen molar-refractivity contribution in [1.82, 2.24) is 4.57 Å². The normalized spacial score (nSPS) is 14.9. The van der Waals surface area contributed by atoms with Crippen LogP contribution in [-0.2, 0) is 10.5 Å². The number of nitrogens with two attached hydrogens (primary N) is 1. The minimum atomic E-state index is -1.42. The molecule has 0 amide bonds. The van der Waals surface area contributed by atoms with E-state index < -0.39 is 11.6 Å². The molecule has 0 spiro atoms. The maximum absolute atomic E-state index is 11.2. The molecule has 16 heavy (non-hydrogen) atoms. The molecule has 4 nitrogen and oxygen atoms in total. The zero-order chi connectivity index (χ0) is 11.9. The van der Waals surface area contributed by atoms with E-state index >= 15 is 0 Å². The lowest BCUT2D eigenvalue weighted by Gasteiger charge is -2.24. The molecule has 2 aromatic rings. The van der Waals surface area contributed by atoms with E-state index in [0.717, 1.165) is 16.6 Å². The van der Waals surface area contributed by atoms with Crippen LogP contribution in [0.3, 0.4) is 0 Å². The molecular formula is C12H14N2O2. The number of fused-ring (bicyclic) bond motifs is 1. The number of carboxylic acid groups (broad SMARTS) is 1. The minimum Gasteiger partial charge on any atom is -0.478 e. The van der Waals surface area contributed by atoms with Gasteiger partial charge in [0.25, 0.3) is 0 Å². The van der Waals surface area contributed by atoms with Crippen LogP contribution in [-0.4, -0.2) is 15.6 Å². The second-order valence-corrected chi connectivity index (χ2v) is 4.13. The summed E-state index contributed by atoms with van der Waals surface area (Å²) < 4.78 is 1.64. The molecule has 0 saturated carbocycles. The lowest BCUT2D eigenvalue weighted by molar-refractivity contribution is -0.146. The molecule has 0 bridgehead atoms. The molecular weight excluding hydrogens is 204 g/mol. The molecule has 4 heteroatoms. The molecule has 84 valence electrons. The van der Waals surface area contributed by atoms with Crippen LogP contribution in [0, 0.1) is 6.92 Å². The number of carbonyl (C=O) groups is 1. The van der Waals surface area contributed by atoms with Crippen LogP contribution in [0.25, 0.3) is 10.9 Å². The Kier molecular flexibility index (Phi) is 2.24. The van der Waals surface area contributed by atoms with E-state index in [-0.39, 0.29) is 0 Å². The Morgan fingerprint density at radius 3 is 2.69 bits per heavy atom. The van der Waals surface area contributed by atoms with E-state index in [1.54, 1.807) is 4.57 Å². The van der Waals surface area contributed by atoms with Gasteiger partial charge in [-0.3, -0.25) is 5.73 Å². The maximum atomic E-state index is 11.2. The third-order valence-corrected chi connectivity index (χ3v) is 2.79. The first-order chi connectivity index (χ1) is 7.44. The van der Waals surface area contributed by atoms with Gasteiger partial charge in [0.2, 0.25) is 0 Å². The van der Waals surface area contributed by atoms with Crippen molar-refractivity contribution >= 4 is 16.9 Å². The van der Waals surface area contributed by atoms with Crippen molar-refractivity contribution in [1.29, 1.82) is 0 Å². The lowest BCUT2D eigenvalue weighted by atomic mass is 10.2. The quantitative estimate of drug-likeness (QED) is 0.805. The molecule has 3 N–H and O–H groups in total. The van der Waals surface area contributed by atoms with Gasteiger partial charge >= 0.3 is 5.97 Å². The number of aromatic nitrogens is 1. The van der Waals surface area contributed by atoms with Crippen molar-refractivity contribution in [2.75, 3.05) is 0 Å². The summed E-state index contributed by atoms with van der Waals surface area (Å²) in [6.45, 7) is 3.35. The van der Waals surface area contributed by atoms with E-state index in [4.69, 9.17) is 10.8 Å². The molecule has 0 aliphatic rings. The third-order valence-electron chi connectivity index (χ3n) is 2.79. The zero-order valence-electron chi connectivity index (χ0n) is 9.27. The molecule has 0 aliphatic heterocycles. The Morgan fingerprint density at radius 1 is 1.44 bits per heavy atom. The van der Waals surface area contributed by atoms with Gasteiger partial charge in [-0.1, -0.05) is 18.2 Å². The number of hydrogen-bond donors (Lipinski definition) is 2. The molecule has 2 rings (SSSR count). The summed E-state index contributed by atoms with van der Waals surface area (Å²) in [5.74, 6) is -1.04. The summed E-state index contributed by atoms with van der Waals surface area (Å²) in [6.07, 6.45) is 0. The molecule has 0 aliphatic carbocycles. The van der Waals surface area contributed by atoms with E-state index in [1.165, 1.54) is 6.92 Å². The highest BCUT2D eigenvalue weighted by atomic mass is 16.4. The van der Waals surface area contributed by atoms with E-state index in [1.807, 2.05) is 37.3 Å². The average Bonchev–Trinajstić information content (AvgIpc) is 2.53. The molecule has 0 fully saturated rings. The number of carboxylic acids is 1. The van der Waals surface area contributed by atoms with Gasteiger partial charge in [-0.25, -0.2) is 4.79 Å². The first kappa shape index (κ1) is 10.7. The Labute approximate surface area is 93.3 Å². The third kappa shape index (κ3) is 1.39. The molecule has 0 radical (unpaired) electrons. The van der Waals surface area contributed by atoms with Gasteiger partial charge < -0.3 is 9.67 Å². The minimum absolute atomic E-state index is 0.840. The molecule has 0 unspecified atom stereocenters. The predicted molar refractivity (Wildman–Crippen MR) is 62.1 cm³/mol. The van der Waals surface area contributed by atoms with Crippen LogP contribution in [0.2, 0.25) is 0 Å². The molecule has 1 aromatic carbocycles. The highest BCUT2D eigenvalue weighted by Crippen LogP contribution is 2.24. The number of hydrogen-bond acceptors (Lipinski definition) is 2. The Hall–Kier alpha value is -1.81. The number of nitrogens with zero attached hydrogens (tertiary/aromatic N) is 1. The average molecular weight is 218 g/mol. The fourth-order valence-corrected chi connectivity index (χ4v) is 2.01. The van der Waals surface area contributed by atoms with Gasteiger partial charge in [0, 0.05) is 5.69 Å². The molecule has 1 atom stereocenters. The SMILES string of the molecule is Cc1cc2ccccc2n1[C@](C)(N)C(=O)O. The summed E-state index contributed by atoms with van der Waals surface area (Å²) in [6, 6.07) is 9.54. The first-order valence-corrected chi connectivity index (χ1v) is 5.04. The van der Waals surface area contributed by atoms with E-state index in [9.17, 15) is 4.79 Å². The monoisotopic (exact) mass is 218 g/mol. The van der Waals surface area contributed by atoms with Crippen molar-refractivity contribution in [3.8, 4) is 0 Å². The van der Waals surface area contributed by atoms with Crippen LogP contribution >= 0.6 is 0 Å². The summed E-state index contributed by atoms with van der Waals surface area (Å²) in [7, 11) is 0. The summed E-state index contributed by atoms with van der Waals surface area (Å²) >= 11 is 0. The maximum Gasteiger partial charge on any atom is 0.344 e. The van der Waals surface area contributed by atoms with Crippen molar-refractivity contribution in [2.24, 2.45) is 5.73 Å². The largest absolute Gasteiger partial charge is 0.478 e. The standard InChI is InChI=1S/C12H14N2O2/c1-8-7-9-5-3-4-6-10(9)14(8)12(2,13)11(15)16/h3-7H,13H2,1-2H3,(H,15,16)/t12-/m0/s1. The summed E-state index contributed by atoms with van der Waals surface area (Å²) in [4.78, 5) is 11.2. The predicted octanol–water partition coefficient (Wildman–Crippen LogP) is 1.67. The van der Waals surface area contributed by atoms with Crippen LogP contribution in [0.4, 0.5) is 0 Å². The Balaban J connectivity index is 2.78. The van der Waals surface area contributed by atoms with Gasteiger partial charge in [-0.05, 0) is 31.4 Å². The Morgan fingerprint density at radius 2 is 2.06 bits per heavy atom. The number of aryl methyl sites for hydroxylation is 1. The van der Waals surface area contributed by atoms with Gasteiger partial charge in [0.1, 0.15) is 0 Å². The van der Waals surface area contributed by atoms with Gasteiger partial charge in [0.15, 0.2) is 5.66 Å². The highest BCUT2D eigenvalue weighted by molar-refractivity contribution is 5.85. The second kappa shape index (κ2) is 3.35. The molecule has 1 heterocycles. The van der Waals surface area contributed by atoms with Crippen molar-refractivity contribution in [2.45, 2.75) is 19.5 Å². The number of rotatable bonds is 2. The number of benzene rings is 1. The van der Waals surface area contributed by atoms with Crippen LogP contribution in [0.15, 0.2) is 30.3 Å². The fourth-order valence-electron chi connectivity index (χ4n) is 2.01. The van der Waals surface area contributed by atoms with E-state index in [2.05, 4.69) is 0 Å². The highest BCUT2D eigenvalue weighted by Gasteiger charge is 2.32. The number of aliphatic carboxylic acids is 1. The van der Waals surface area contributed by atoms with Crippen molar-refractivity contribution < 1.29 is 9.90 Å². The topological polar surface area (TPSA) is 68.2 Å². The fraction of sp³-hybridized carbons (Fsp3) is 0.250. The van der Waals surface area contributed by atoms with Gasteiger partial charge in [0.05, 0.1) is 5.52 Å². The van der Waals surface area contributed by atoms with E-state index in [0.29, 0.717) is 0 Å². The van der Waals surface area contributed by atoms with Crippen LogP contribution in [0.1, 0.15) is 12.6 Å².